The minimum absolute atomic E-state index is 0.0221. The van der Waals surface area contributed by atoms with Crippen molar-refractivity contribution < 1.29 is 9.18 Å². The molecule has 0 fully saturated rings. The molecule has 0 aliphatic rings. The van der Waals surface area contributed by atoms with Crippen molar-refractivity contribution in [2.24, 2.45) is 0 Å². The van der Waals surface area contributed by atoms with E-state index in [4.69, 9.17) is 0 Å². The lowest BCUT2D eigenvalue weighted by molar-refractivity contribution is 0.0937. The van der Waals surface area contributed by atoms with E-state index in [1.807, 2.05) is 42.0 Å². The van der Waals surface area contributed by atoms with Crippen molar-refractivity contribution >= 4 is 5.91 Å². The maximum atomic E-state index is 13.0. The Morgan fingerprint density at radius 1 is 1.19 bits per heavy atom. The first kappa shape index (κ1) is 17.9. The van der Waals surface area contributed by atoms with Gasteiger partial charge >= 0.3 is 0 Å². The molecule has 3 aromatic rings. The average Bonchev–Trinajstić information content (AvgIpc) is 3.15. The first-order chi connectivity index (χ1) is 12.6. The Bertz CT molecular complexity index is 844. The monoisotopic (exact) mass is 351 g/mol. The van der Waals surface area contributed by atoms with E-state index in [0.717, 1.165) is 24.0 Å². The van der Waals surface area contributed by atoms with E-state index < -0.39 is 0 Å². The van der Waals surface area contributed by atoms with Gasteiger partial charge in [0, 0.05) is 30.5 Å². The normalized spacial score (nSPS) is 11.9. The number of aryl methyl sites for hydroxylation is 1. The molecular weight excluding hydrogens is 329 g/mol. The molecule has 1 aromatic heterocycles. The van der Waals surface area contributed by atoms with Crippen molar-refractivity contribution in [2.45, 2.75) is 32.4 Å². The van der Waals surface area contributed by atoms with Crippen LogP contribution in [0.2, 0.25) is 0 Å². The molecule has 0 saturated carbocycles. The summed E-state index contributed by atoms with van der Waals surface area (Å²) in [6, 6.07) is 14.1. The number of carbonyl (C=O) groups is 1. The highest BCUT2D eigenvalue weighted by Crippen LogP contribution is 2.12. The summed E-state index contributed by atoms with van der Waals surface area (Å²) in [7, 11) is 0. The van der Waals surface area contributed by atoms with Crippen LogP contribution < -0.4 is 5.32 Å². The zero-order valence-corrected chi connectivity index (χ0v) is 14.7. The number of aromatic nitrogens is 2. The largest absolute Gasteiger partial charge is 0.350 e. The van der Waals surface area contributed by atoms with Gasteiger partial charge in [-0.05, 0) is 49.1 Å². The number of nitrogens with one attached hydrogen (secondary N) is 1. The van der Waals surface area contributed by atoms with Crippen molar-refractivity contribution in [3.8, 4) is 0 Å². The summed E-state index contributed by atoms with van der Waals surface area (Å²) in [5.74, 6) is -0.308. The van der Waals surface area contributed by atoms with Gasteiger partial charge in [0.2, 0.25) is 0 Å². The van der Waals surface area contributed by atoms with E-state index in [1.165, 1.54) is 12.1 Å². The number of carbonyl (C=O) groups excluding carboxylic acids is 1. The zero-order valence-electron chi connectivity index (χ0n) is 14.7. The standard InChI is InChI=1S/C21H22FN3O/c1-16(6-7-17-8-10-19(22)11-9-17)24-21(26)20-5-3-2-4-18(20)14-25-13-12-23-15-25/h2-5,8-13,15-16H,6-7,14H2,1H3,(H,24,26). The van der Waals surface area contributed by atoms with E-state index in [2.05, 4.69) is 10.3 Å². The van der Waals surface area contributed by atoms with Crippen LogP contribution in [0.25, 0.3) is 0 Å². The van der Waals surface area contributed by atoms with Crippen LogP contribution in [0.5, 0.6) is 0 Å². The predicted octanol–water partition coefficient (Wildman–Crippen LogP) is 3.82. The van der Waals surface area contributed by atoms with Crippen LogP contribution in [0, 0.1) is 5.82 Å². The number of nitrogens with zero attached hydrogens (tertiary/aromatic N) is 2. The Labute approximate surface area is 152 Å². The Hall–Kier alpha value is -2.95. The second kappa shape index (κ2) is 8.43. The number of imidazole rings is 1. The van der Waals surface area contributed by atoms with Crippen molar-refractivity contribution in [1.82, 2.24) is 14.9 Å². The van der Waals surface area contributed by atoms with Gasteiger partial charge in [0.15, 0.2) is 0 Å². The Balaban J connectivity index is 1.59. The van der Waals surface area contributed by atoms with Crippen LogP contribution in [-0.2, 0) is 13.0 Å². The van der Waals surface area contributed by atoms with Crippen molar-refractivity contribution in [3.05, 3.63) is 89.8 Å². The van der Waals surface area contributed by atoms with Crippen molar-refractivity contribution in [3.63, 3.8) is 0 Å². The number of amides is 1. The molecule has 0 aliphatic heterocycles. The molecule has 0 radical (unpaired) electrons. The molecule has 26 heavy (non-hydrogen) atoms. The minimum atomic E-state index is -0.232. The second-order valence-corrected chi connectivity index (χ2v) is 6.43. The molecule has 1 amide bonds. The quantitative estimate of drug-likeness (QED) is 0.703. The fraction of sp³-hybridized carbons (Fsp3) is 0.238. The first-order valence-electron chi connectivity index (χ1n) is 8.71. The molecule has 1 heterocycles. The third-order valence-corrected chi connectivity index (χ3v) is 4.33. The lowest BCUT2D eigenvalue weighted by Crippen LogP contribution is -2.33. The van der Waals surface area contributed by atoms with Gasteiger partial charge in [-0.2, -0.15) is 0 Å². The molecular formula is C21H22FN3O. The molecule has 4 nitrogen and oxygen atoms in total. The molecule has 5 heteroatoms. The fourth-order valence-corrected chi connectivity index (χ4v) is 2.86. The molecule has 134 valence electrons. The molecule has 0 saturated heterocycles. The van der Waals surface area contributed by atoms with Gasteiger partial charge in [-0.1, -0.05) is 30.3 Å². The highest BCUT2D eigenvalue weighted by Gasteiger charge is 2.14. The summed E-state index contributed by atoms with van der Waals surface area (Å²) < 4.78 is 14.9. The van der Waals surface area contributed by atoms with E-state index >= 15 is 0 Å². The van der Waals surface area contributed by atoms with Crippen LogP contribution in [-0.4, -0.2) is 21.5 Å². The SMILES string of the molecule is CC(CCc1ccc(F)cc1)NC(=O)c1ccccc1Cn1ccnc1. The van der Waals surface area contributed by atoms with E-state index in [0.29, 0.717) is 12.1 Å². The lowest BCUT2D eigenvalue weighted by Gasteiger charge is -2.16. The Morgan fingerprint density at radius 3 is 2.69 bits per heavy atom. The number of benzene rings is 2. The van der Waals surface area contributed by atoms with Crippen LogP contribution in [0.3, 0.4) is 0 Å². The molecule has 1 N–H and O–H groups in total. The van der Waals surface area contributed by atoms with Gasteiger partial charge in [0.25, 0.3) is 5.91 Å². The smallest absolute Gasteiger partial charge is 0.251 e. The van der Waals surface area contributed by atoms with Gasteiger partial charge in [0.1, 0.15) is 5.82 Å². The predicted molar refractivity (Wildman–Crippen MR) is 99.4 cm³/mol. The van der Waals surface area contributed by atoms with Gasteiger partial charge in [0.05, 0.1) is 6.33 Å². The third kappa shape index (κ3) is 4.79. The summed E-state index contributed by atoms with van der Waals surface area (Å²) >= 11 is 0. The van der Waals surface area contributed by atoms with Crippen molar-refractivity contribution in [1.29, 1.82) is 0 Å². The zero-order chi connectivity index (χ0) is 18.4. The van der Waals surface area contributed by atoms with Gasteiger partial charge in [-0.15, -0.1) is 0 Å². The number of hydrogen-bond donors (Lipinski definition) is 1. The lowest BCUT2D eigenvalue weighted by atomic mass is 10.0. The Kier molecular flexibility index (Phi) is 5.79. The van der Waals surface area contributed by atoms with E-state index in [1.54, 1.807) is 24.7 Å². The molecule has 2 aromatic carbocycles. The number of halogens is 1. The summed E-state index contributed by atoms with van der Waals surface area (Å²) in [5.41, 5.74) is 2.69. The van der Waals surface area contributed by atoms with Crippen LogP contribution in [0.15, 0.2) is 67.3 Å². The molecule has 3 rings (SSSR count). The molecule has 1 unspecified atom stereocenters. The second-order valence-electron chi connectivity index (χ2n) is 6.43. The van der Waals surface area contributed by atoms with Gasteiger partial charge in [-0.25, -0.2) is 9.37 Å². The van der Waals surface area contributed by atoms with Gasteiger partial charge < -0.3 is 9.88 Å². The summed E-state index contributed by atoms with van der Waals surface area (Å²) in [4.78, 5) is 16.7. The molecule has 0 spiro atoms. The number of hydrogen-bond acceptors (Lipinski definition) is 2. The van der Waals surface area contributed by atoms with Gasteiger partial charge in [-0.3, -0.25) is 4.79 Å². The van der Waals surface area contributed by atoms with Crippen molar-refractivity contribution in [2.75, 3.05) is 0 Å². The maximum absolute atomic E-state index is 13.0. The fourth-order valence-electron chi connectivity index (χ4n) is 2.86. The topological polar surface area (TPSA) is 46.9 Å². The summed E-state index contributed by atoms with van der Waals surface area (Å²) in [6.07, 6.45) is 6.92. The third-order valence-electron chi connectivity index (χ3n) is 4.33. The first-order valence-corrected chi connectivity index (χ1v) is 8.71. The number of rotatable bonds is 7. The average molecular weight is 351 g/mol. The highest BCUT2D eigenvalue weighted by molar-refractivity contribution is 5.95. The highest BCUT2D eigenvalue weighted by atomic mass is 19.1. The van der Waals surface area contributed by atoms with E-state index in [-0.39, 0.29) is 17.8 Å². The molecule has 1 atom stereocenters. The summed E-state index contributed by atoms with van der Waals surface area (Å²) in [6.45, 7) is 2.59. The molecule has 0 aliphatic carbocycles. The minimum Gasteiger partial charge on any atom is -0.350 e. The summed E-state index contributed by atoms with van der Waals surface area (Å²) in [5, 5.41) is 3.06. The molecule has 0 bridgehead atoms. The van der Waals surface area contributed by atoms with Crippen LogP contribution in [0.4, 0.5) is 4.39 Å². The van der Waals surface area contributed by atoms with E-state index in [9.17, 15) is 9.18 Å². The Morgan fingerprint density at radius 2 is 1.96 bits per heavy atom. The van der Waals surface area contributed by atoms with Crippen LogP contribution >= 0.6 is 0 Å². The maximum Gasteiger partial charge on any atom is 0.251 e. The van der Waals surface area contributed by atoms with Crippen LogP contribution in [0.1, 0.15) is 34.8 Å².